The van der Waals surface area contributed by atoms with Crippen LogP contribution < -0.4 is 5.32 Å². The first-order chi connectivity index (χ1) is 4.71. The van der Waals surface area contributed by atoms with E-state index >= 15 is 0 Å². The van der Waals surface area contributed by atoms with Crippen LogP contribution in [0, 0.1) is 5.92 Å². The predicted octanol–water partition coefficient (Wildman–Crippen LogP) is 1.02. The van der Waals surface area contributed by atoms with Crippen LogP contribution in [0.15, 0.2) is 0 Å². The van der Waals surface area contributed by atoms with E-state index in [2.05, 4.69) is 19.2 Å². The summed E-state index contributed by atoms with van der Waals surface area (Å²) in [6.45, 7) is 6.27. The van der Waals surface area contributed by atoms with E-state index in [4.69, 9.17) is 4.74 Å². The fraction of sp³-hybridized carbons (Fsp3) is 1.00. The van der Waals surface area contributed by atoms with E-state index in [1.54, 1.807) is 0 Å². The molecule has 0 aromatic heterocycles. The summed E-state index contributed by atoms with van der Waals surface area (Å²) >= 11 is 0. The summed E-state index contributed by atoms with van der Waals surface area (Å²) in [6.07, 6.45) is 1.15. The maximum absolute atomic E-state index is 5.35. The molecule has 0 bridgehead atoms. The third kappa shape index (κ3) is 1.18. The highest BCUT2D eigenvalue weighted by atomic mass is 16.5. The van der Waals surface area contributed by atoms with Crippen LogP contribution in [-0.2, 0) is 4.74 Å². The zero-order valence-electron chi connectivity index (χ0n) is 7.11. The predicted molar refractivity (Wildman–Crippen MR) is 42.1 cm³/mol. The lowest BCUT2D eigenvalue weighted by Gasteiger charge is -2.31. The van der Waals surface area contributed by atoms with E-state index in [1.165, 1.54) is 0 Å². The molecule has 0 aromatic rings. The first kappa shape index (κ1) is 8.02. The minimum atomic E-state index is 0.264. The molecule has 1 N–H and O–H groups in total. The summed E-state index contributed by atoms with van der Waals surface area (Å²) in [5.74, 6) is 0.667. The Balaban J connectivity index is 2.58. The molecule has 0 aliphatic carbocycles. The standard InChI is InChI=1S/C8H17NO/c1-7(2)8(9-3)4-5-10-6-8/h7,9H,4-6H2,1-3H3/t8-/m1/s1. The van der Waals surface area contributed by atoms with Crippen molar-refractivity contribution in [3.8, 4) is 0 Å². The van der Waals surface area contributed by atoms with Crippen LogP contribution in [0.3, 0.4) is 0 Å². The molecule has 10 heavy (non-hydrogen) atoms. The van der Waals surface area contributed by atoms with Gasteiger partial charge in [-0.15, -0.1) is 0 Å². The topological polar surface area (TPSA) is 21.3 Å². The first-order valence-corrected chi connectivity index (χ1v) is 3.98. The minimum Gasteiger partial charge on any atom is -0.379 e. The van der Waals surface area contributed by atoms with E-state index in [0.29, 0.717) is 5.92 Å². The van der Waals surface area contributed by atoms with Crippen molar-refractivity contribution in [3.05, 3.63) is 0 Å². The average molecular weight is 143 g/mol. The van der Waals surface area contributed by atoms with Crippen molar-refractivity contribution in [2.24, 2.45) is 5.92 Å². The molecule has 1 rings (SSSR count). The molecule has 2 nitrogen and oxygen atoms in total. The van der Waals surface area contributed by atoms with Crippen LogP contribution in [0.25, 0.3) is 0 Å². The van der Waals surface area contributed by atoms with Gasteiger partial charge in [0.05, 0.1) is 6.61 Å². The molecule has 0 amide bonds. The second-order valence-corrected chi connectivity index (χ2v) is 3.36. The van der Waals surface area contributed by atoms with Crippen LogP contribution in [0.4, 0.5) is 0 Å². The molecule has 1 saturated heterocycles. The molecule has 1 heterocycles. The van der Waals surface area contributed by atoms with Gasteiger partial charge in [-0.1, -0.05) is 13.8 Å². The van der Waals surface area contributed by atoms with Gasteiger partial charge in [0.15, 0.2) is 0 Å². The lowest BCUT2D eigenvalue weighted by molar-refractivity contribution is 0.150. The molecule has 0 spiro atoms. The Labute approximate surface area is 63.0 Å². The van der Waals surface area contributed by atoms with E-state index < -0.39 is 0 Å². The Morgan fingerprint density at radius 2 is 2.20 bits per heavy atom. The van der Waals surface area contributed by atoms with E-state index in [-0.39, 0.29) is 5.54 Å². The van der Waals surface area contributed by atoms with Gasteiger partial charge in [-0.25, -0.2) is 0 Å². The van der Waals surface area contributed by atoms with Gasteiger partial charge in [-0.05, 0) is 19.4 Å². The van der Waals surface area contributed by atoms with Crippen LogP contribution in [-0.4, -0.2) is 25.8 Å². The molecule has 1 atom stereocenters. The number of hydrogen-bond donors (Lipinski definition) is 1. The number of nitrogens with one attached hydrogen (secondary N) is 1. The lowest BCUT2D eigenvalue weighted by atomic mass is 9.86. The Morgan fingerprint density at radius 1 is 1.50 bits per heavy atom. The molecule has 1 aliphatic rings. The van der Waals surface area contributed by atoms with Gasteiger partial charge in [0.25, 0.3) is 0 Å². The minimum absolute atomic E-state index is 0.264. The highest BCUT2D eigenvalue weighted by molar-refractivity contribution is 4.92. The van der Waals surface area contributed by atoms with Crippen molar-refractivity contribution in [3.63, 3.8) is 0 Å². The zero-order chi connectivity index (χ0) is 7.61. The summed E-state index contributed by atoms with van der Waals surface area (Å²) in [4.78, 5) is 0. The van der Waals surface area contributed by atoms with Crippen molar-refractivity contribution in [1.82, 2.24) is 5.32 Å². The monoisotopic (exact) mass is 143 g/mol. The molecular formula is C8H17NO. The van der Waals surface area contributed by atoms with Gasteiger partial charge >= 0.3 is 0 Å². The maximum Gasteiger partial charge on any atom is 0.0651 e. The second kappa shape index (κ2) is 2.89. The SMILES string of the molecule is CN[C@]1(C(C)C)CCOC1. The van der Waals surface area contributed by atoms with Crippen LogP contribution in [0.1, 0.15) is 20.3 Å². The van der Waals surface area contributed by atoms with Gasteiger partial charge in [-0.2, -0.15) is 0 Å². The summed E-state index contributed by atoms with van der Waals surface area (Å²) in [5.41, 5.74) is 0.264. The molecule has 0 unspecified atom stereocenters. The van der Waals surface area contributed by atoms with Crippen molar-refractivity contribution < 1.29 is 4.74 Å². The van der Waals surface area contributed by atoms with E-state index in [0.717, 1.165) is 19.6 Å². The van der Waals surface area contributed by atoms with Gasteiger partial charge in [0.2, 0.25) is 0 Å². The van der Waals surface area contributed by atoms with Crippen LogP contribution >= 0.6 is 0 Å². The van der Waals surface area contributed by atoms with Crippen LogP contribution in [0.2, 0.25) is 0 Å². The molecule has 0 radical (unpaired) electrons. The van der Waals surface area contributed by atoms with Gasteiger partial charge < -0.3 is 10.1 Å². The number of ether oxygens (including phenoxy) is 1. The summed E-state index contributed by atoms with van der Waals surface area (Å²) in [5, 5.41) is 3.35. The Morgan fingerprint density at radius 3 is 2.40 bits per heavy atom. The zero-order valence-corrected chi connectivity index (χ0v) is 7.11. The molecule has 1 fully saturated rings. The number of likely N-dealkylation sites (N-methyl/N-ethyl adjacent to an activating group) is 1. The Bertz CT molecular complexity index is 106. The van der Waals surface area contributed by atoms with Crippen molar-refractivity contribution in [2.75, 3.05) is 20.3 Å². The number of hydrogen-bond acceptors (Lipinski definition) is 2. The smallest absolute Gasteiger partial charge is 0.0651 e. The van der Waals surface area contributed by atoms with E-state index in [9.17, 15) is 0 Å². The highest BCUT2D eigenvalue weighted by Gasteiger charge is 2.35. The largest absolute Gasteiger partial charge is 0.379 e. The van der Waals surface area contributed by atoms with Crippen molar-refractivity contribution >= 4 is 0 Å². The van der Waals surface area contributed by atoms with E-state index in [1.807, 2.05) is 7.05 Å². The lowest BCUT2D eigenvalue weighted by Crippen LogP contribution is -2.48. The molecule has 0 aromatic carbocycles. The Hall–Kier alpha value is -0.0800. The normalized spacial score (nSPS) is 33.6. The first-order valence-electron chi connectivity index (χ1n) is 3.98. The van der Waals surface area contributed by atoms with Crippen molar-refractivity contribution in [1.29, 1.82) is 0 Å². The highest BCUT2D eigenvalue weighted by Crippen LogP contribution is 2.26. The Kier molecular flexibility index (Phi) is 2.32. The van der Waals surface area contributed by atoms with Gasteiger partial charge in [0.1, 0.15) is 0 Å². The molecule has 1 aliphatic heterocycles. The second-order valence-electron chi connectivity index (χ2n) is 3.36. The van der Waals surface area contributed by atoms with Crippen LogP contribution in [0.5, 0.6) is 0 Å². The maximum atomic E-state index is 5.35. The summed E-state index contributed by atoms with van der Waals surface area (Å²) in [7, 11) is 2.02. The van der Waals surface area contributed by atoms with Gasteiger partial charge in [0, 0.05) is 12.1 Å². The summed E-state index contributed by atoms with van der Waals surface area (Å²) in [6, 6.07) is 0. The fourth-order valence-corrected chi connectivity index (χ4v) is 1.52. The molecule has 60 valence electrons. The van der Waals surface area contributed by atoms with Gasteiger partial charge in [-0.3, -0.25) is 0 Å². The fourth-order valence-electron chi connectivity index (χ4n) is 1.52. The third-order valence-electron chi connectivity index (χ3n) is 2.66. The number of rotatable bonds is 2. The average Bonchev–Trinajstić information content (AvgIpc) is 2.35. The third-order valence-corrected chi connectivity index (χ3v) is 2.66. The quantitative estimate of drug-likeness (QED) is 0.623. The summed E-state index contributed by atoms with van der Waals surface area (Å²) < 4.78 is 5.35. The molecular weight excluding hydrogens is 126 g/mol. The van der Waals surface area contributed by atoms with Crippen molar-refractivity contribution in [2.45, 2.75) is 25.8 Å². The molecule has 0 saturated carbocycles. The molecule has 2 heteroatoms.